The van der Waals surface area contributed by atoms with Gasteiger partial charge in [-0.25, -0.2) is 18.1 Å². The van der Waals surface area contributed by atoms with Gasteiger partial charge in [0.1, 0.15) is 10.7 Å². The minimum Gasteiger partial charge on any atom is -0.333 e. The first-order valence-electron chi connectivity index (χ1n) is 7.90. The molecule has 1 N–H and O–H groups in total. The third-order valence-corrected chi connectivity index (χ3v) is 6.09. The number of rotatable bonds is 4. The average molecular weight is 337 g/mol. The largest absolute Gasteiger partial charge is 0.333 e. The van der Waals surface area contributed by atoms with E-state index in [1.165, 1.54) is 0 Å². The third kappa shape index (κ3) is 2.92. The number of nitrogens with one attached hydrogen (secondary N) is 1. The number of fused-ring (bicyclic) bond motifs is 1. The van der Waals surface area contributed by atoms with Gasteiger partial charge < -0.3 is 4.57 Å². The Bertz CT molecular complexity index is 834. The Morgan fingerprint density at radius 1 is 1.35 bits per heavy atom. The maximum Gasteiger partial charge on any atom is 0.244 e. The van der Waals surface area contributed by atoms with Gasteiger partial charge in [0, 0.05) is 31.7 Å². The molecule has 0 unspecified atom stereocenters. The number of imidazole rings is 1. The van der Waals surface area contributed by atoms with Gasteiger partial charge in [0.15, 0.2) is 0 Å². The van der Waals surface area contributed by atoms with E-state index in [-0.39, 0.29) is 6.04 Å². The molecule has 1 aliphatic heterocycles. The van der Waals surface area contributed by atoms with Crippen LogP contribution in [0.5, 0.6) is 0 Å². The molecule has 0 fully saturated rings. The summed E-state index contributed by atoms with van der Waals surface area (Å²) in [5.74, 6) is 1.03. The van der Waals surface area contributed by atoms with Gasteiger partial charge in [-0.3, -0.25) is 4.68 Å². The molecule has 1 aliphatic rings. The van der Waals surface area contributed by atoms with E-state index in [9.17, 15) is 8.42 Å². The van der Waals surface area contributed by atoms with Crippen LogP contribution in [0.15, 0.2) is 11.1 Å². The van der Waals surface area contributed by atoms with Crippen molar-refractivity contribution in [2.75, 3.05) is 0 Å². The summed E-state index contributed by atoms with van der Waals surface area (Å²) in [6, 6.07) is -0.120. The summed E-state index contributed by atoms with van der Waals surface area (Å²) in [5, 5.41) is 4.31. The van der Waals surface area contributed by atoms with Crippen LogP contribution in [0.4, 0.5) is 0 Å². The van der Waals surface area contributed by atoms with Crippen molar-refractivity contribution in [1.29, 1.82) is 0 Å². The van der Waals surface area contributed by atoms with Gasteiger partial charge in [0.25, 0.3) is 0 Å². The maximum atomic E-state index is 12.8. The smallest absolute Gasteiger partial charge is 0.244 e. The van der Waals surface area contributed by atoms with E-state index in [0.717, 1.165) is 24.4 Å². The molecule has 3 rings (SSSR count). The summed E-state index contributed by atoms with van der Waals surface area (Å²) in [4.78, 5) is 4.77. The second kappa shape index (κ2) is 5.76. The van der Waals surface area contributed by atoms with Crippen LogP contribution < -0.4 is 4.72 Å². The molecule has 0 radical (unpaired) electrons. The lowest BCUT2D eigenvalue weighted by molar-refractivity contribution is 0.421. The fourth-order valence-corrected chi connectivity index (χ4v) is 5.01. The Kier molecular flexibility index (Phi) is 4.05. The molecular formula is C15H23N5O2S. The summed E-state index contributed by atoms with van der Waals surface area (Å²) in [7, 11) is -3.57. The van der Waals surface area contributed by atoms with Crippen molar-refractivity contribution in [3.8, 4) is 0 Å². The first kappa shape index (κ1) is 16.2. The van der Waals surface area contributed by atoms with Crippen molar-refractivity contribution in [3.05, 3.63) is 29.1 Å². The highest BCUT2D eigenvalue weighted by Crippen LogP contribution is 2.22. The number of aryl methyl sites for hydroxylation is 4. The van der Waals surface area contributed by atoms with Gasteiger partial charge in [-0.1, -0.05) is 0 Å². The first-order chi connectivity index (χ1) is 10.8. The maximum absolute atomic E-state index is 12.8. The molecule has 0 amide bonds. The topological polar surface area (TPSA) is 81.8 Å². The van der Waals surface area contributed by atoms with E-state index >= 15 is 0 Å². The zero-order valence-corrected chi connectivity index (χ0v) is 14.8. The predicted molar refractivity (Wildman–Crippen MR) is 86.8 cm³/mol. The van der Waals surface area contributed by atoms with Gasteiger partial charge in [0.05, 0.1) is 17.1 Å². The van der Waals surface area contributed by atoms with Gasteiger partial charge in [-0.15, -0.1) is 0 Å². The van der Waals surface area contributed by atoms with Crippen LogP contribution in [-0.4, -0.2) is 33.8 Å². The highest BCUT2D eigenvalue weighted by atomic mass is 32.2. The Labute approximate surface area is 136 Å². The molecule has 8 heteroatoms. The van der Waals surface area contributed by atoms with Crippen molar-refractivity contribution < 1.29 is 8.42 Å². The Hall–Kier alpha value is -1.67. The van der Waals surface area contributed by atoms with Gasteiger partial charge in [0.2, 0.25) is 10.0 Å². The van der Waals surface area contributed by atoms with E-state index in [2.05, 4.69) is 14.8 Å². The lowest BCUT2D eigenvalue weighted by atomic mass is 10.1. The van der Waals surface area contributed by atoms with Crippen molar-refractivity contribution >= 4 is 10.0 Å². The summed E-state index contributed by atoms with van der Waals surface area (Å²) < 4.78 is 32.2. The standard InChI is InChI=1S/C15H23N5O2S/c1-5-20-12(4)15(11(3)17-20)23(21,22)18-13-6-7-14-16-10(2)8-19(14)9-13/h8,13,18H,5-7,9H2,1-4H3/t13-/m0/s1. The normalized spacial score (nSPS) is 18.2. The van der Waals surface area contributed by atoms with E-state index in [1.807, 2.05) is 24.6 Å². The zero-order valence-electron chi connectivity index (χ0n) is 14.0. The molecule has 23 heavy (non-hydrogen) atoms. The molecule has 0 saturated carbocycles. The molecule has 7 nitrogen and oxygen atoms in total. The molecule has 1 atom stereocenters. The Balaban J connectivity index is 1.84. The second-order valence-corrected chi connectivity index (χ2v) is 7.77. The van der Waals surface area contributed by atoms with Crippen LogP contribution in [0, 0.1) is 20.8 Å². The minimum absolute atomic E-state index is 0.120. The fourth-order valence-electron chi connectivity index (χ4n) is 3.34. The third-order valence-electron chi connectivity index (χ3n) is 4.32. The molecule has 0 aromatic carbocycles. The Morgan fingerprint density at radius 3 is 2.74 bits per heavy atom. The number of aromatic nitrogens is 4. The molecule has 0 spiro atoms. The number of hydrogen-bond acceptors (Lipinski definition) is 4. The van der Waals surface area contributed by atoms with Crippen molar-refractivity contribution in [2.45, 2.75) is 64.6 Å². The molecule has 126 valence electrons. The molecule has 0 saturated heterocycles. The summed E-state index contributed by atoms with van der Waals surface area (Å²) in [6.45, 7) is 8.73. The van der Waals surface area contributed by atoms with Crippen LogP contribution in [0.2, 0.25) is 0 Å². The monoisotopic (exact) mass is 337 g/mol. The van der Waals surface area contributed by atoms with Crippen LogP contribution in [-0.2, 0) is 29.5 Å². The van der Waals surface area contributed by atoms with Crippen molar-refractivity contribution in [2.24, 2.45) is 0 Å². The van der Waals surface area contributed by atoms with Crippen LogP contribution >= 0.6 is 0 Å². The van der Waals surface area contributed by atoms with E-state index < -0.39 is 10.0 Å². The molecule has 0 aliphatic carbocycles. The van der Waals surface area contributed by atoms with Crippen LogP contribution in [0.25, 0.3) is 0 Å². The fraction of sp³-hybridized carbons (Fsp3) is 0.600. The SMILES string of the molecule is CCn1nc(C)c(S(=O)(=O)N[C@H]2CCc3nc(C)cn3C2)c1C. The highest BCUT2D eigenvalue weighted by Gasteiger charge is 2.29. The Morgan fingerprint density at radius 2 is 2.09 bits per heavy atom. The number of nitrogens with zero attached hydrogens (tertiary/aromatic N) is 4. The van der Waals surface area contributed by atoms with Crippen molar-refractivity contribution in [3.63, 3.8) is 0 Å². The van der Waals surface area contributed by atoms with E-state index in [4.69, 9.17) is 0 Å². The average Bonchev–Trinajstić information content (AvgIpc) is 2.96. The van der Waals surface area contributed by atoms with Crippen molar-refractivity contribution in [1.82, 2.24) is 24.1 Å². The minimum atomic E-state index is -3.57. The highest BCUT2D eigenvalue weighted by molar-refractivity contribution is 7.89. The molecule has 2 aromatic heterocycles. The molecule has 0 bridgehead atoms. The van der Waals surface area contributed by atoms with Crippen LogP contribution in [0.3, 0.4) is 0 Å². The van der Waals surface area contributed by atoms with E-state index in [1.54, 1.807) is 18.5 Å². The lowest BCUT2D eigenvalue weighted by Gasteiger charge is -2.24. The van der Waals surface area contributed by atoms with Gasteiger partial charge >= 0.3 is 0 Å². The number of hydrogen-bond donors (Lipinski definition) is 1. The molecule has 3 heterocycles. The van der Waals surface area contributed by atoms with Gasteiger partial charge in [-0.05, 0) is 34.1 Å². The summed E-state index contributed by atoms with van der Waals surface area (Å²) >= 11 is 0. The quantitative estimate of drug-likeness (QED) is 0.912. The lowest BCUT2D eigenvalue weighted by Crippen LogP contribution is -2.41. The van der Waals surface area contributed by atoms with Gasteiger partial charge in [-0.2, -0.15) is 5.10 Å². The number of sulfonamides is 1. The van der Waals surface area contributed by atoms with E-state index in [0.29, 0.717) is 29.4 Å². The molecular weight excluding hydrogens is 314 g/mol. The zero-order chi connectivity index (χ0) is 16.8. The summed E-state index contributed by atoms with van der Waals surface area (Å²) in [6.07, 6.45) is 3.52. The predicted octanol–water partition coefficient (Wildman–Crippen LogP) is 1.32. The molecule has 2 aromatic rings. The van der Waals surface area contributed by atoms with Crippen LogP contribution in [0.1, 0.15) is 36.3 Å². The second-order valence-electron chi connectivity index (χ2n) is 6.12. The summed E-state index contributed by atoms with van der Waals surface area (Å²) in [5.41, 5.74) is 2.21. The first-order valence-corrected chi connectivity index (χ1v) is 9.39.